The molecule has 1 atom stereocenters. The van der Waals surface area contributed by atoms with E-state index < -0.39 is 36.1 Å². The number of aliphatic imine (C=N–C) groups is 1. The number of isothiocyanates is 1. The molecule has 1 amide bonds. The number of hydrogen-bond acceptors (Lipinski definition) is 7. The Kier molecular flexibility index (Phi) is 6.68. The highest BCUT2D eigenvalue weighted by molar-refractivity contribution is 8.05. The van der Waals surface area contributed by atoms with E-state index in [1.54, 1.807) is 24.3 Å². The number of allylic oxidation sites excluding steroid dienone is 3. The van der Waals surface area contributed by atoms with Crippen LogP contribution in [0.3, 0.4) is 0 Å². The van der Waals surface area contributed by atoms with Gasteiger partial charge in [0.1, 0.15) is 0 Å². The van der Waals surface area contributed by atoms with Crippen LogP contribution in [-0.2, 0) is 25.0 Å². The Balaban J connectivity index is 2.56. The van der Waals surface area contributed by atoms with Crippen LogP contribution >= 0.6 is 12.2 Å². The van der Waals surface area contributed by atoms with Crippen LogP contribution in [0.15, 0.2) is 59.3 Å². The van der Waals surface area contributed by atoms with Crippen LogP contribution < -0.4 is 5.32 Å². The lowest BCUT2D eigenvalue weighted by Gasteiger charge is -2.32. The molecule has 12 heteroatoms. The lowest BCUT2D eigenvalue weighted by Crippen LogP contribution is -2.51. The summed E-state index contributed by atoms with van der Waals surface area (Å²) in [6.07, 6.45) is 5.58. The molecule has 154 valence electrons. The van der Waals surface area contributed by atoms with Crippen molar-refractivity contribution in [2.24, 2.45) is 10.9 Å². The van der Waals surface area contributed by atoms with E-state index in [1.807, 2.05) is 0 Å². The van der Waals surface area contributed by atoms with Gasteiger partial charge < -0.3 is 5.32 Å². The maximum atomic E-state index is 12.1. The summed E-state index contributed by atoms with van der Waals surface area (Å²) in [6.45, 7) is 1.13. The van der Waals surface area contributed by atoms with Gasteiger partial charge in [0.15, 0.2) is 0 Å². The fourth-order valence-corrected chi connectivity index (χ4v) is 5.46. The Morgan fingerprint density at radius 2 is 1.79 bits per heavy atom. The van der Waals surface area contributed by atoms with Crippen LogP contribution in [0.4, 0.5) is 5.69 Å². The molecule has 0 saturated heterocycles. The lowest BCUT2D eigenvalue weighted by atomic mass is 9.96. The van der Waals surface area contributed by atoms with Gasteiger partial charge in [0, 0.05) is 18.5 Å². The SMILES string of the molecule is CC(=O)NC1=CC(S(=O)(=O)O)(S(=O)(=O)O)C(C=Cc2ccc(N=C=S)cc2)C=C1. The van der Waals surface area contributed by atoms with Gasteiger partial charge in [0.2, 0.25) is 5.91 Å². The van der Waals surface area contributed by atoms with Crippen molar-refractivity contribution in [1.29, 1.82) is 0 Å². The largest absolute Gasteiger partial charge is 0.327 e. The topological polar surface area (TPSA) is 150 Å². The van der Waals surface area contributed by atoms with Crippen LogP contribution in [0.5, 0.6) is 0 Å². The van der Waals surface area contributed by atoms with Gasteiger partial charge in [0.05, 0.1) is 10.8 Å². The van der Waals surface area contributed by atoms with Crippen LogP contribution in [-0.4, -0.2) is 41.1 Å². The van der Waals surface area contributed by atoms with E-state index in [0.29, 0.717) is 17.3 Å². The number of rotatable bonds is 6. The van der Waals surface area contributed by atoms with Crippen molar-refractivity contribution in [2.75, 3.05) is 0 Å². The van der Waals surface area contributed by atoms with E-state index in [0.717, 1.165) is 13.0 Å². The smallest absolute Gasteiger partial charge is 0.292 e. The number of nitrogens with one attached hydrogen (secondary N) is 1. The van der Waals surface area contributed by atoms with Gasteiger partial charge in [-0.15, -0.1) is 0 Å². The summed E-state index contributed by atoms with van der Waals surface area (Å²) in [6, 6.07) is 6.41. The summed E-state index contributed by atoms with van der Waals surface area (Å²) in [5, 5.41) is 4.43. The van der Waals surface area contributed by atoms with Crippen LogP contribution in [0.1, 0.15) is 12.5 Å². The van der Waals surface area contributed by atoms with E-state index in [2.05, 4.69) is 27.7 Å². The maximum Gasteiger partial charge on any atom is 0.292 e. The molecule has 29 heavy (non-hydrogen) atoms. The normalized spacial score (nSPS) is 18.7. The zero-order valence-corrected chi connectivity index (χ0v) is 17.3. The molecule has 1 unspecified atom stereocenters. The maximum absolute atomic E-state index is 12.1. The van der Waals surface area contributed by atoms with Crippen molar-refractivity contribution < 1.29 is 30.7 Å². The van der Waals surface area contributed by atoms with Crippen molar-refractivity contribution in [3.05, 3.63) is 59.8 Å². The summed E-state index contributed by atoms with van der Waals surface area (Å²) < 4.78 is 64.7. The zero-order chi connectivity index (χ0) is 21.9. The van der Waals surface area contributed by atoms with Crippen LogP contribution in [0.25, 0.3) is 6.08 Å². The number of hydrogen-bond donors (Lipinski definition) is 3. The molecule has 1 aromatic rings. The van der Waals surface area contributed by atoms with Gasteiger partial charge >= 0.3 is 0 Å². The van der Waals surface area contributed by atoms with E-state index in [1.165, 1.54) is 18.2 Å². The van der Waals surface area contributed by atoms with Crippen molar-refractivity contribution in [2.45, 2.75) is 11.0 Å². The van der Waals surface area contributed by atoms with E-state index >= 15 is 0 Å². The van der Waals surface area contributed by atoms with Gasteiger partial charge in [-0.1, -0.05) is 30.4 Å². The van der Waals surface area contributed by atoms with Crippen LogP contribution in [0, 0.1) is 5.92 Å². The Labute approximate surface area is 173 Å². The van der Waals surface area contributed by atoms with Gasteiger partial charge in [-0.05, 0) is 42.1 Å². The molecule has 0 saturated carbocycles. The third kappa shape index (κ3) is 4.93. The third-order valence-corrected chi connectivity index (χ3v) is 7.74. The fourth-order valence-electron chi connectivity index (χ4n) is 2.74. The van der Waals surface area contributed by atoms with Crippen LogP contribution in [0.2, 0.25) is 0 Å². The minimum Gasteiger partial charge on any atom is -0.327 e. The van der Waals surface area contributed by atoms with E-state index in [9.17, 15) is 30.7 Å². The molecule has 0 spiro atoms. The molecule has 1 aliphatic carbocycles. The molecule has 0 heterocycles. The summed E-state index contributed by atoms with van der Waals surface area (Å²) >= 11 is 4.50. The second-order valence-corrected chi connectivity index (χ2v) is 9.68. The van der Waals surface area contributed by atoms with Crippen molar-refractivity contribution in [3.8, 4) is 0 Å². The Bertz CT molecular complexity index is 1130. The average Bonchev–Trinajstić information content (AvgIpc) is 2.59. The molecule has 0 aliphatic heterocycles. The summed E-state index contributed by atoms with van der Waals surface area (Å²) in [7, 11) is -10.8. The molecule has 2 rings (SSSR count). The first-order chi connectivity index (χ1) is 13.4. The number of amides is 1. The Morgan fingerprint density at radius 1 is 1.21 bits per heavy atom. The van der Waals surface area contributed by atoms with Gasteiger partial charge in [-0.25, -0.2) is 0 Å². The molecule has 0 aromatic heterocycles. The molecule has 0 bridgehead atoms. The van der Waals surface area contributed by atoms with Gasteiger partial charge in [-0.2, -0.15) is 21.8 Å². The standard InChI is InChI=1S/C17H16N2O7S3/c1-12(20)19-16-9-6-14(17(10-16,28(21,22)23)29(24,25)26)5-2-13-3-7-15(8-4-13)18-11-27/h2-10,14H,1H3,(H,19,20)(H,21,22,23)(H,24,25,26). The highest BCUT2D eigenvalue weighted by atomic mass is 32.3. The van der Waals surface area contributed by atoms with Crippen molar-refractivity contribution in [1.82, 2.24) is 5.32 Å². The summed E-state index contributed by atoms with van der Waals surface area (Å²) in [5.41, 5.74) is 0.875. The number of benzene rings is 1. The highest BCUT2D eigenvalue weighted by Crippen LogP contribution is 2.39. The predicted molar refractivity (Wildman–Crippen MR) is 111 cm³/mol. The van der Waals surface area contributed by atoms with Gasteiger partial charge in [0.25, 0.3) is 24.3 Å². The third-order valence-electron chi connectivity index (χ3n) is 3.99. The minimum atomic E-state index is -5.38. The quantitative estimate of drug-likeness (QED) is 0.335. The van der Waals surface area contributed by atoms with Crippen molar-refractivity contribution in [3.63, 3.8) is 0 Å². The first-order valence-electron chi connectivity index (χ1n) is 7.89. The predicted octanol–water partition coefficient (Wildman–Crippen LogP) is 2.11. The first kappa shape index (κ1) is 22.8. The first-order valence-corrected chi connectivity index (χ1v) is 11.2. The molecule has 1 aliphatic rings. The Hall–Kier alpha value is -2.47. The molecular weight excluding hydrogens is 440 g/mol. The highest BCUT2D eigenvalue weighted by Gasteiger charge is 2.58. The average molecular weight is 457 g/mol. The fraction of sp³-hybridized carbons (Fsp3) is 0.176. The second kappa shape index (κ2) is 8.49. The molecule has 0 fully saturated rings. The second-order valence-electron chi connectivity index (χ2n) is 5.99. The number of carbonyl (C=O) groups excluding carboxylic acids is 1. The molecular formula is C17H16N2O7S3. The molecule has 0 radical (unpaired) electrons. The molecule has 3 N–H and O–H groups in total. The number of carbonyl (C=O) groups is 1. The van der Waals surface area contributed by atoms with E-state index in [4.69, 9.17) is 0 Å². The summed E-state index contributed by atoms with van der Waals surface area (Å²) in [4.78, 5) is 15.0. The van der Waals surface area contributed by atoms with Crippen molar-refractivity contribution >= 4 is 55.3 Å². The zero-order valence-electron chi connectivity index (χ0n) is 14.9. The number of thiocarbonyl (C=S) groups is 1. The molecule has 1 aromatic carbocycles. The molecule has 9 nitrogen and oxygen atoms in total. The minimum absolute atomic E-state index is 0.209. The lowest BCUT2D eigenvalue weighted by molar-refractivity contribution is -0.118. The summed E-state index contributed by atoms with van der Waals surface area (Å²) in [5.74, 6) is -2.10. The van der Waals surface area contributed by atoms with E-state index in [-0.39, 0.29) is 5.70 Å². The Morgan fingerprint density at radius 3 is 2.28 bits per heavy atom. The number of nitrogens with zero attached hydrogens (tertiary/aromatic N) is 1. The van der Waals surface area contributed by atoms with Gasteiger partial charge in [-0.3, -0.25) is 13.9 Å². The monoisotopic (exact) mass is 456 g/mol.